The zero-order valence-electron chi connectivity index (χ0n) is 15.7. The first-order chi connectivity index (χ1) is 13.7. The molecule has 0 atom stereocenters. The minimum absolute atomic E-state index is 0.117. The number of nitrogens with one attached hydrogen (secondary N) is 2. The molecule has 0 unspecified atom stereocenters. The number of likely N-dealkylation sites (tertiary alicyclic amines) is 1. The maximum absolute atomic E-state index is 12.9. The third-order valence-corrected chi connectivity index (χ3v) is 5.37. The molecule has 1 aromatic heterocycles. The zero-order valence-corrected chi connectivity index (χ0v) is 16.5. The Balaban J connectivity index is 1.60. The molecule has 3 aromatic rings. The van der Waals surface area contributed by atoms with Crippen molar-refractivity contribution in [2.45, 2.75) is 12.8 Å². The molecule has 2 heterocycles. The quantitative estimate of drug-likeness (QED) is 0.674. The van der Waals surface area contributed by atoms with E-state index in [-0.39, 0.29) is 5.91 Å². The number of quaternary nitrogens is 1. The fourth-order valence-corrected chi connectivity index (χ4v) is 3.85. The van der Waals surface area contributed by atoms with E-state index in [1.54, 1.807) is 9.58 Å². The van der Waals surface area contributed by atoms with Crippen LogP contribution in [0.1, 0.15) is 23.3 Å². The lowest BCUT2D eigenvalue weighted by Gasteiger charge is -2.13. The molecule has 1 aliphatic heterocycles. The Morgan fingerprint density at radius 2 is 1.86 bits per heavy atom. The van der Waals surface area contributed by atoms with Crippen molar-refractivity contribution in [3.05, 3.63) is 71.4 Å². The summed E-state index contributed by atoms with van der Waals surface area (Å²) in [5.74, 6) is -0.117. The molecule has 0 aliphatic carbocycles. The number of benzene rings is 2. The van der Waals surface area contributed by atoms with E-state index < -0.39 is 0 Å². The van der Waals surface area contributed by atoms with Gasteiger partial charge in [-0.3, -0.25) is 4.79 Å². The highest BCUT2D eigenvalue weighted by Gasteiger charge is 2.19. The van der Waals surface area contributed by atoms with E-state index in [1.165, 1.54) is 25.9 Å². The fraction of sp³-hybridized carbons (Fsp3) is 0.273. The minimum Gasteiger partial charge on any atom is -0.345 e. The number of hydrogen-bond donors (Lipinski definition) is 2. The van der Waals surface area contributed by atoms with Crippen molar-refractivity contribution in [2.24, 2.45) is 0 Å². The molecule has 28 heavy (non-hydrogen) atoms. The van der Waals surface area contributed by atoms with Gasteiger partial charge in [-0.25, -0.2) is 4.68 Å². The van der Waals surface area contributed by atoms with Crippen molar-refractivity contribution in [2.75, 3.05) is 26.2 Å². The normalized spacial score (nSPS) is 14.3. The first-order valence-electron chi connectivity index (χ1n) is 9.74. The van der Waals surface area contributed by atoms with Gasteiger partial charge in [-0.2, -0.15) is 5.10 Å². The van der Waals surface area contributed by atoms with E-state index in [4.69, 9.17) is 16.7 Å². The Bertz CT molecular complexity index is 948. The number of halogens is 1. The summed E-state index contributed by atoms with van der Waals surface area (Å²) in [6.07, 6.45) is 2.57. The van der Waals surface area contributed by atoms with Crippen LogP contribution in [0.4, 0.5) is 0 Å². The molecule has 1 saturated heterocycles. The molecule has 2 aromatic carbocycles. The van der Waals surface area contributed by atoms with Gasteiger partial charge in [-0.05, 0) is 24.3 Å². The summed E-state index contributed by atoms with van der Waals surface area (Å²) < 4.78 is 1.67. The van der Waals surface area contributed by atoms with Crippen LogP contribution < -0.4 is 10.2 Å². The summed E-state index contributed by atoms with van der Waals surface area (Å²) in [7, 11) is 0. The van der Waals surface area contributed by atoms with Crippen LogP contribution >= 0.6 is 11.6 Å². The molecule has 4 rings (SSSR count). The highest BCUT2D eigenvalue weighted by Crippen LogP contribution is 2.23. The van der Waals surface area contributed by atoms with Gasteiger partial charge < -0.3 is 10.2 Å². The van der Waals surface area contributed by atoms with E-state index in [0.717, 1.165) is 23.5 Å². The third kappa shape index (κ3) is 4.26. The van der Waals surface area contributed by atoms with Crippen molar-refractivity contribution < 1.29 is 9.69 Å². The molecule has 2 N–H and O–H groups in total. The maximum atomic E-state index is 12.9. The van der Waals surface area contributed by atoms with Gasteiger partial charge in [-0.1, -0.05) is 48.0 Å². The van der Waals surface area contributed by atoms with Crippen LogP contribution in [0.25, 0.3) is 16.9 Å². The summed E-state index contributed by atoms with van der Waals surface area (Å²) >= 11 is 6.16. The molecular weight excluding hydrogens is 372 g/mol. The van der Waals surface area contributed by atoms with Crippen LogP contribution in [-0.2, 0) is 0 Å². The molecule has 1 amide bonds. The van der Waals surface area contributed by atoms with Crippen molar-refractivity contribution in [3.63, 3.8) is 0 Å². The molecular formula is C22H24ClN4O+. The largest absolute Gasteiger partial charge is 0.345 e. The molecule has 144 valence electrons. The van der Waals surface area contributed by atoms with Gasteiger partial charge in [0.1, 0.15) is 5.69 Å². The second kappa shape index (κ2) is 8.59. The van der Waals surface area contributed by atoms with Crippen molar-refractivity contribution >= 4 is 17.5 Å². The third-order valence-electron chi connectivity index (χ3n) is 5.14. The molecule has 0 saturated carbocycles. The van der Waals surface area contributed by atoms with E-state index in [2.05, 4.69) is 5.32 Å². The van der Waals surface area contributed by atoms with Crippen LogP contribution in [0.2, 0.25) is 5.02 Å². The van der Waals surface area contributed by atoms with E-state index in [9.17, 15) is 4.79 Å². The topological polar surface area (TPSA) is 51.4 Å². The lowest BCUT2D eigenvalue weighted by atomic mass is 10.1. The number of nitrogens with zero attached hydrogens (tertiary/aromatic N) is 2. The average Bonchev–Trinajstić information content (AvgIpc) is 3.39. The molecule has 1 fully saturated rings. The van der Waals surface area contributed by atoms with Crippen molar-refractivity contribution in [1.82, 2.24) is 15.1 Å². The smallest absolute Gasteiger partial charge is 0.270 e. The number of carbonyl (C=O) groups is 1. The van der Waals surface area contributed by atoms with E-state index in [0.29, 0.717) is 17.3 Å². The zero-order chi connectivity index (χ0) is 19.3. The second-order valence-corrected chi connectivity index (χ2v) is 7.57. The van der Waals surface area contributed by atoms with Crippen LogP contribution in [0.5, 0.6) is 0 Å². The molecule has 0 spiro atoms. The summed E-state index contributed by atoms with van der Waals surface area (Å²) in [4.78, 5) is 14.5. The highest BCUT2D eigenvalue weighted by molar-refractivity contribution is 6.30. The van der Waals surface area contributed by atoms with Gasteiger partial charge >= 0.3 is 0 Å². The Kier molecular flexibility index (Phi) is 5.74. The van der Waals surface area contributed by atoms with Crippen LogP contribution in [-0.4, -0.2) is 41.9 Å². The Hall–Kier alpha value is -2.63. The molecule has 1 aliphatic rings. The fourth-order valence-electron chi connectivity index (χ4n) is 3.67. The van der Waals surface area contributed by atoms with Gasteiger partial charge in [-0.15, -0.1) is 0 Å². The predicted octanol–water partition coefficient (Wildman–Crippen LogP) is 2.60. The number of carbonyl (C=O) groups excluding carboxylic acids is 1. The second-order valence-electron chi connectivity index (χ2n) is 7.14. The van der Waals surface area contributed by atoms with Gasteiger partial charge in [0.15, 0.2) is 0 Å². The lowest BCUT2D eigenvalue weighted by molar-refractivity contribution is -0.886. The SMILES string of the molecule is O=C(NCC[NH+]1CCCC1)c1cc(-c2ccccc2)nn1-c1cccc(Cl)c1. The van der Waals surface area contributed by atoms with Crippen molar-refractivity contribution in [3.8, 4) is 16.9 Å². The summed E-state index contributed by atoms with van der Waals surface area (Å²) in [6.45, 7) is 4.03. The van der Waals surface area contributed by atoms with Crippen molar-refractivity contribution in [1.29, 1.82) is 0 Å². The molecule has 0 bridgehead atoms. The van der Waals surface area contributed by atoms with Gasteiger partial charge in [0, 0.05) is 23.4 Å². The summed E-state index contributed by atoms with van der Waals surface area (Å²) in [5.41, 5.74) is 3.01. The number of rotatable bonds is 6. The first-order valence-corrected chi connectivity index (χ1v) is 10.1. The number of aromatic nitrogens is 2. The van der Waals surface area contributed by atoms with Crippen LogP contribution in [0.3, 0.4) is 0 Å². The summed E-state index contributed by atoms with van der Waals surface area (Å²) in [5, 5.41) is 8.36. The van der Waals surface area contributed by atoms with Gasteiger partial charge in [0.25, 0.3) is 5.91 Å². The molecule has 0 radical (unpaired) electrons. The summed E-state index contributed by atoms with van der Waals surface area (Å²) in [6, 6.07) is 19.1. The van der Waals surface area contributed by atoms with E-state index >= 15 is 0 Å². The number of hydrogen-bond acceptors (Lipinski definition) is 2. The van der Waals surface area contributed by atoms with Gasteiger partial charge in [0.2, 0.25) is 0 Å². The first kappa shape index (κ1) is 18.7. The molecule has 6 heteroatoms. The lowest BCUT2D eigenvalue weighted by Crippen LogP contribution is -3.10. The van der Waals surface area contributed by atoms with Crippen LogP contribution in [0, 0.1) is 0 Å². The monoisotopic (exact) mass is 395 g/mol. The Labute approximate surface area is 169 Å². The average molecular weight is 396 g/mol. The van der Waals surface area contributed by atoms with E-state index in [1.807, 2.05) is 60.7 Å². The minimum atomic E-state index is -0.117. The standard InChI is InChI=1S/C22H23ClN4O/c23-18-9-6-10-19(15-18)27-21(16-20(25-27)17-7-2-1-3-8-17)22(28)24-11-14-26-12-4-5-13-26/h1-3,6-10,15-16H,4-5,11-14H2,(H,24,28)/p+1. The maximum Gasteiger partial charge on any atom is 0.270 e. The predicted molar refractivity (Wildman–Crippen MR) is 111 cm³/mol. The van der Waals surface area contributed by atoms with Crippen LogP contribution in [0.15, 0.2) is 60.7 Å². The molecule has 5 nitrogen and oxygen atoms in total. The Morgan fingerprint density at radius 1 is 1.07 bits per heavy atom. The van der Waals surface area contributed by atoms with Gasteiger partial charge in [0.05, 0.1) is 37.6 Å². The number of amides is 1. The Morgan fingerprint density at radius 3 is 2.61 bits per heavy atom. The highest BCUT2D eigenvalue weighted by atomic mass is 35.5.